The number of hydrogen-bond acceptors (Lipinski definition) is 2. The van der Waals surface area contributed by atoms with Crippen LogP contribution in [0, 0.1) is 13.8 Å². The lowest BCUT2D eigenvalue weighted by molar-refractivity contribution is -0.115. The second-order valence-electron chi connectivity index (χ2n) is 6.93. The molecule has 2 rings (SSSR count). The zero-order chi connectivity index (χ0) is 20.8. The summed E-state index contributed by atoms with van der Waals surface area (Å²) in [5.74, 6) is 0.406. The number of rotatable bonds is 8. The minimum Gasteiger partial charge on any atom is -0.295 e. The van der Waals surface area contributed by atoms with E-state index in [0.717, 1.165) is 24.0 Å². The first-order valence-corrected chi connectivity index (χ1v) is 9.99. The van der Waals surface area contributed by atoms with Crippen molar-refractivity contribution < 1.29 is 9.59 Å². The summed E-state index contributed by atoms with van der Waals surface area (Å²) in [4.78, 5) is 22.4. The normalized spacial score (nSPS) is 10.7. The molecule has 0 heterocycles. The van der Waals surface area contributed by atoms with E-state index in [0.29, 0.717) is 12.8 Å². The smallest absolute Gasteiger partial charge is 0.155 e. The van der Waals surface area contributed by atoms with Crippen LogP contribution in [0.15, 0.2) is 60.7 Å². The summed E-state index contributed by atoms with van der Waals surface area (Å²) in [5.41, 5.74) is 4.62. The van der Waals surface area contributed by atoms with Gasteiger partial charge in [-0.05, 0) is 50.0 Å². The van der Waals surface area contributed by atoms with Crippen molar-refractivity contribution >= 4 is 23.7 Å². The molecule has 0 aliphatic heterocycles. The number of carbonyl (C=O) groups is 2. The van der Waals surface area contributed by atoms with Crippen molar-refractivity contribution in [2.45, 2.75) is 53.4 Å². The maximum atomic E-state index is 11.2. The molecule has 2 nitrogen and oxygen atoms in total. The number of benzene rings is 2. The highest BCUT2D eigenvalue weighted by Crippen LogP contribution is 2.07. The van der Waals surface area contributed by atoms with Gasteiger partial charge in [0.2, 0.25) is 0 Å². The molecule has 2 aromatic carbocycles. The molecule has 2 heteroatoms. The zero-order valence-corrected chi connectivity index (χ0v) is 17.6. The highest BCUT2D eigenvalue weighted by atomic mass is 16.1. The van der Waals surface area contributed by atoms with Crippen molar-refractivity contribution in [1.29, 1.82) is 0 Å². The van der Waals surface area contributed by atoms with E-state index in [1.807, 2.05) is 76.2 Å². The molecule has 0 unspecified atom stereocenters. The molecule has 0 fully saturated rings. The zero-order valence-electron chi connectivity index (χ0n) is 17.6. The molecule has 0 bridgehead atoms. The van der Waals surface area contributed by atoms with E-state index in [1.54, 1.807) is 12.2 Å². The summed E-state index contributed by atoms with van der Waals surface area (Å²) >= 11 is 0. The fourth-order valence-corrected chi connectivity index (χ4v) is 2.59. The topological polar surface area (TPSA) is 34.1 Å². The minimum absolute atomic E-state index is 0.203. The van der Waals surface area contributed by atoms with Gasteiger partial charge in [-0.3, -0.25) is 9.59 Å². The van der Waals surface area contributed by atoms with Gasteiger partial charge in [0.05, 0.1) is 0 Å². The Kier molecular flexibility index (Phi) is 11.2. The molecule has 0 saturated carbocycles. The standard InChI is InChI=1S/2C13H16O/c2*1-3-5-13(14)9-8-12-7-4-6-11(2)10-12/h2*4,6-10H,3,5H2,1-2H3/b2*9-8+. The third kappa shape index (κ3) is 10.4. The van der Waals surface area contributed by atoms with Gasteiger partial charge >= 0.3 is 0 Å². The van der Waals surface area contributed by atoms with Gasteiger partial charge in [-0.1, -0.05) is 85.7 Å². The summed E-state index contributed by atoms with van der Waals surface area (Å²) in [6.07, 6.45) is 10.2. The fourth-order valence-electron chi connectivity index (χ4n) is 2.59. The highest BCUT2D eigenvalue weighted by molar-refractivity contribution is 5.93. The highest BCUT2D eigenvalue weighted by Gasteiger charge is 1.94. The molecular weight excluding hydrogens is 344 g/mol. The predicted molar refractivity (Wildman–Crippen MR) is 120 cm³/mol. The van der Waals surface area contributed by atoms with Crippen molar-refractivity contribution in [3.05, 3.63) is 82.9 Å². The van der Waals surface area contributed by atoms with E-state index < -0.39 is 0 Å². The maximum Gasteiger partial charge on any atom is 0.155 e. The number of aryl methyl sites for hydroxylation is 2. The Labute approximate surface area is 170 Å². The van der Waals surface area contributed by atoms with Crippen molar-refractivity contribution in [2.75, 3.05) is 0 Å². The summed E-state index contributed by atoms with van der Waals surface area (Å²) < 4.78 is 0. The molecule has 0 aliphatic rings. The molecule has 148 valence electrons. The van der Waals surface area contributed by atoms with Gasteiger partial charge in [0.25, 0.3) is 0 Å². The Morgan fingerprint density at radius 3 is 1.43 bits per heavy atom. The summed E-state index contributed by atoms with van der Waals surface area (Å²) in [7, 11) is 0. The molecule has 2 aromatic rings. The van der Waals surface area contributed by atoms with Crippen molar-refractivity contribution in [3.8, 4) is 0 Å². The lowest BCUT2D eigenvalue weighted by Gasteiger charge is -1.95. The molecule has 0 aliphatic carbocycles. The van der Waals surface area contributed by atoms with Crippen molar-refractivity contribution in [1.82, 2.24) is 0 Å². The van der Waals surface area contributed by atoms with Crippen LogP contribution in [-0.2, 0) is 9.59 Å². The van der Waals surface area contributed by atoms with Crippen LogP contribution in [0.5, 0.6) is 0 Å². The Morgan fingerprint density at radius 1 is 0.714 bits per heavy atom. The first kappa shape index (κ1) is 23.3. The van der Waals surface area contributed by atoms with Gasteiger partial charge in [-0.25, -0.2) is 0 Å². The molecule has 0 spiro atoms. The third-order valence-corrected chi connectivity index (χ3v) is 4.00. The molecule has 28 heavy (non-hydrogen) atoms. The van der Waals surface area contributed by atoms with E-state index in [1.165, 1.54) is 11.1 Å². The molecule has 0 atom stereocenters. The average molecular weight is 377 g/mol. The van der Waals surface area contributed by atoms with E-state index in [9.17, 15) is 9.59 Å². The number of ketones is 2. The van der Waals surface area contributed by atoms with Crippen LogP contribution in [0.3, 0.4) is 0 Å². The van der Waals surface area contributed by atoms with Gasteiger partial charge < -0.3 is 0 Å². The van der Waals surface area contributed by atoms with Crippen LogP contribution < -0.4 is 0 Å². The number of allylic oxidation sites excluding steroid dienone is 2. The monoisotopic (exact) mass is 376 g/mol. The second-order valence-corrected chi connectivity index (χ2v) is 6.93. The Bertz CT molecular complexity index is 743. The lowest BCUT2D eigenvalue weighted by atomic mass is 10.1. The van der Waals surface area contributed by atoms with E-state index in [-0.39, 0.29) is 11.6 Å². The SMILES string of the molecule is CCCC(=O)/C=C/c1cccc(C)c1.CCCC(=O)/C=C/c1cccc(C)c1. The minimum atomic E-state index is 0.203. The molecule has 0 amide bonds. The van der Waals surface area contributed by atoms with Crippen LogP contribution >= 0.6 is 0 Å². The Morgan fingerprint density at radius 2 is 1.11 bits per heavy atom. The summed E-state index contributed by atoms with van der Waals surface area (Å²) in [6.45, 7) is 8.12. The summed E-state index contributed by atoms with van der Waals surface area (Å²) in [6, 6.07) is 16.2. The second kappa shape index (κ2) is 13.4. The first-order chi connectivity index (χ1) is 13.4. The van der Waals surface area contributed by atoms with Crippen molar-refractivity contribution in [2.24, 2.45) is 0 Å². The largest absolute Gasteiger partial charge is 0.295 e. The van der Waals surface area contributed by atoms with E-state index in [2.05, 4.69) is 12.1 Å². The summed E-state index contributed by atoms with van der Waals surface area (Å²) in [5, 5.41) is 0. The van der Waals surface area contributed by atoms with E-state index in [4.69, 9.17) is 0 Å². The van der Waals surface area contributed by atoms with Gasteiger partial charge in [0.1, 0.15) is 0 Å². The number of hydrogen-bond donors (Lipinski definition) is 0. The number of carbonyl (C=O) groups excluding carboxylic acids is 2. The predicted octanol–water partition coefficient (Wildman–Crippen LogP) is 6.75. The van der Waals surface area contributed by atoms with Crippen LogP contribution in [0.4, 0.5) is 0 Å². The molecule has 0 saturated heterocycles. The lowest BCUT2D eigenvalue weighted by Crippen LogP contribution is -1.89. The Balaban J connectivity index is 0.000000280. The van der Waals surface area contributed by atoms with Crippen molar-refractivity contribution in [3.63, 3.8) is 0 Å². The van der Waals surface area contributed by atoms with Gasteiger partial charge in [0, 0.05) is 12.8 Å². The van der Waals surface area contributed by atoms with Gasteiger partial charge in [0.15, 0.2) is 11.6 Å². The van der Waals surface area contributed by atoms with Crippen LogP contribution in [0.1, 0.15) is 61.8 Å². The van der Waals surface area contributed by atoms with Gasteiger partial charge in [-0.15, -0.1) is 0 Å². The Hall–Kier alpha value is -2.74. The van der Waals surface area contributed by atoms with E-state index >= 15 is 0 Å². The van der Waals surface area contributed by atoms with Crippen LogP contribution in [0.2, 0.25) is 0 Å². The molecule has 0 N–H and O–H groups in total. The molecule has 0 aromatic heterocycles. The van der Waals surface area contributed by atoms with Crippen LogP contribution in [0.25, 0.3) is 12.2 Å². The average Bonchev–Trinajstić information content (AvgIpc) is 2.66. The third-order valence-electron chi connectivity index (χ3n) is 4.00. The van der Waals surface area contributed by atoms with Gasteiger partial charge in [-0.2, -0.15) is 0 Å². The maximum absolute atomic E-state index is 11.2. The quantitative estimate of drug-likeness (QED) is 0.477. The van der Waals surface area contributed by atoms with Crippen LogP contribution in [-0.4, -0.2) is 11.6 Å². The molecular formula is C26H32O2. The first-order valence-electron chi connectivity index (χ1n) is 9.99. The molecule has 0 radical (unpaired) electrons. The fraction of sp³-hybridized carbons (Fsp3) is 0.308.